The normalized spacial score (nSPS) is 26.8. The van der Waals surface area contributed by atoms with E-state index in [-0.39, 0.29) is 35.1 Å². The highest BCUT2D eigenvalue weighted by atomic mass is 28.4. The molecule has 2 aliphatic heterocycles. The van der Waals surface area contributed by atoms with E-state index in [0.29, 0.717) is 19.4 Å². The van der Waals surface area contributed by atoms with Gasteiger partial charge in [0.05, 0.1) is 24.8 Å². The fourth-order valence-corrected chi connectivity index (χ4v) is 11.8. The lowest BCUT2D eigenvalue weighted by Crippen LogP contribution is -2.68. The van der Waals surface area contributed by atoms with Gasteiger partial charge in [-0.25, -0.2) is 0 Å². The lowest BCUT2D eigenvalue weighted by atomic mass is 9.77. The Morgan fingerprint density at radius 1 is 1.15 bits per heavy atom. The summed E-state index contributed by atoms with van der Waals surface area (Å²) < 4.78 is 13.3. The molecule has 2 aromatic carbocycles. The second kappa shape index (κ2) is 11.9. The first-order valence-corrected chi connectivity index (χ1v) is 16.3. The molecular formula is C32H44N4O3Si. The van der Waals surface area contributed by atoms with E-state index in [1.165, 1.54) is 10.4 Å². The van der Waals surface area contributed by atoms with Crippen molar-refractivity contribution in [2.75, 3.05) is 13.7 Å². The number of rotatable bonds is 10. The monoisotopic (exact) mass is 560 g/mol. The minimum Gasteiger partial charge on any atom is -0.405 e. The maximum Gasteiger partial charge on any atom is 0.261 e. The van der Waals surface area contributed by atoms with Crippen LogP contribution in [-0.2, 0) is 14.0 Å². The molecule has 214 valence electrons. The number of fused-ring (bicyclic) bond motifs is 1. The fourth-order valence-electron chi connectivity index (χ4n) is 7.25. The molecule has 2 aromatic rings. The maximum atomic E-state index is 14.4. The second-order valence-corrected chi connectivity index (χ2v) is 16.9. The van der Waals surface area contributed by atoms with Crippen LogP contribution in [0.4, 0.5) is 0 Å². The molecule has 0 aliphatic carbocycles. The van der Waals surface area contributed by atoms with Gasteiger partial charge in [0.1, 0.15) is 5.54 Å². The third-order valence-electron chi connectivity index (χ3n) is 8.89. The van der Waals surface area contributed by atoms with E-state index in [2.05, 4.69) is 92.8 Å². The number of ether oxygens (including phenoxy) is 1. The van der Waals surface area contributed by atoms with E-state index < -0.39 is 13.9 Å². The molecule has 0 saturated carbocycles. The number of nitrogens with zero attached hydrogens (tertiary/aromatic N) is 4. The molecule has 0 radical (unpaired) electrons. The average Bonchev–Trinajstić information content (AvgIpc) is 3.30. The first-order chi connectivity index (χ1) is 19.0. The molecule has 0 N–H and O–H groups in total. The Morgan fingerprint density at radius 3 is 2.17 bits per heavy atom. The Morgan fingerprint density at radius 2 is 1.73 bits per heavy atom. The third-order valence-corrected chi connectivity index (χ3v) is 13.9. The number of carbonyl (C=O) groups is 1. The van der Waals surface area contributed by atoms with Gasteiger partial charge in [-0.3, -0.25) is 4.79 Å². The summed E-state index contributed by atoms with van der Waals surface area (Å²) in [4.78, 5) is 19.5. The lowest BCUT2D eigenvalue weighted by molar-refractivity contribution is -0.154. The molecule has 0 unspecified atom stereocenters. The summed E-state index contributed by atoms with van der Waals surface area (Å²) in [5.41, 5.74) is 9.09. The Balaban J connectivity index is 1.79. The van der Waals surface area contributed by atoms with Crippen molar-refractivity contribution in [3.63, 3.8) is 0 Å². The van der Waals surface area contributed by atoms with Gasteiger partial charge in [0.25, 0.3) is 8.32 Å². The second-order valence-electron chi connectivity index (χ2n) is 12.6. The van der Waals surface area contributed by atoms with Crippen LogP contribution in [0.5, 0.6) is 0 Å². The molecular weight excluding hydrogens is 516 g/mol. The van der Waals surface area contributed by atoms with Crippen molar-refractivity contribution in [2.45, 2.75) is 89.1 Å². The van der Waals surface area contributed by atoms with Crippen molar-refractivity contribution < 1.29 is 14.0 Å². The maximum absolute atomic E-state index is 14.4. The van der Waals surface area contributed by atoms with Gasteiger partial charge in [0, 0.05) is 12.0 Å². The number of amides is 1. The van der Waals surface area contributed by atoms with Gasteiger partial charge in [-0.2, -0.15) is 0 Å². The summed E-state index contributed by atoms with van der Waals surface area (Å²) in [5.74, 6) is 0.147. The van der Waals surface area contributed by atoms with Crippen molar-refractivity contribution in [1.29, 1.82) is 0 Å². The first-order valence-electron chi connectivity index (χ1n) is 14.4. The quantitative estimate of drug-likeness (QED) is 0.118. The number of piperidine rings is 1. The molecule has 2 aliphatic rings. The predicted octanol–water partition coefficient (Wildman–Crippen LogP) is 5.99. The van der Waals surface area contributed by atoms with Crippen molar-refractivity contribution >= 4 is 24.6 Å². The van der Waals surface area contributed by atoms with Crippen LogP contribution in [0.3, 0.4) is 0 Å². The Hall–Kier alpha value is -2.90. The van der Waals surface area contributed by atoms with Crippen molar-refractivity contribution in [1.82, 2.24) is 4.90 Å². The number of hydrogen-bond donors (Lipinski definition) is 0. The van der Waals surface area contributed by atoms with Crippen LogP contribution in [-0.4, -0.2) is 56.6 Å². The molecule has 8 heteroatoms. The standard InChI is InChI=1S/C32H44N4O3Si/c1-8-24-19-25(36-29(24)28(38-7)21-32(30(36)37,34-35-33)20-23(2)3)22-39-40(31(4,5)6,26-15-11-9-12-16-26)27-17-13-10-14-18-27/h9-18,24-25,28-29H,2,8,19-22H2,1,3-7H3/t24-,25+,28+,29+,32+/m1/s1. The Kier molecular flexibility index (Phi) is 8.95. The van der Waals surface area contributed by atoms with Crippen LogP contribution in [0.2, 0.25) is 5.04 Å². The predicted molar refractivity (Wildman–Crippen MR) is 163 cm³/mol. The van der Waals surface area contributed by atoms with E-state index >= 15 is 0 Å². The molecule has 0 bridgehead atoms. The van der Waals surface area contributed by atoms with E-state index in [1.807, 2.05) is 24.0 Å². The first kappa shape index (κ1) is 30.1. The molecule has 5 atom stereocenters. The highest BCUT2D eigenvalue weighted by Gasteiger charge is 2.59. The van der Waals surface area contributed by atoms with E-state index in [9.17, 15) is 10.3 Å². The zero-order valence-electron chi connectivity index (χ0n) is 24.8. The van der Waals surface area contributed by atoms with Gasteiger partial charge in [-0.1, -0.05) is 105 Å². The fraction of sp³-hybridized carbons (Fsp3) is 0.531. The number of azide groups is 1. The minimum atomic E-state index is -2.80. The molecule has 0 aromatic heterocycles. The van der Waals surface area contributed by atoms with Crippen LogP contribution < -0.4 is 10.4 Å². The number of hydrogen-bond acceptors (Lipinski definition) is 4. The van der Waals surface area contributed by atoms with E-state index in [0.717, 1.165) is 18.4 Å². The highest BCUT2D eigenvalue weighted by Crippen LogP contribution is 2.46. The topological polar surface area (TPSA) is 87.5 Å². The van der Waals surface area contributed by atoms with Gasteiger partial charge < -0.3 is 14.1 Å². The number of benzene rings is 2. The summed E-state index contributed by atoms with van der Waals surface area (Å²) in [6.07, 6.45) is 2.19. The van der Waals surface area contributed by atoms with Crippen LogP contribution in [0.25, 0.3) is 10.4 Å². The molecule has 40 heavy (non-hydrogen) atoms. The van der Waals surface area contributed by atoms with Crippen LogP contribution in [0, 0.1) is 5.92 Å². The van der Waals surface area contributed by atoms with Gasteiger partial charge >= 0.3 is 0 Å². The van der Waals surface area contributed by atoms with Gasteiger partial charge in [0.15, 0.2) is 0 Å². The Labute approximate surface area is 240 Å². The summed E-state index contributed by atoms with van der Waals surface area (Å²) >= 11 is 0. The molecule has 0 spiro atoms. The minimum absolute atomic E-state index is 0.0811. The molecule has 7 nitrogen and oxygen atoms in total. The Bertz CT molecular complexity index is 1200. The van der Waals surface area contributed by atoms with Gasteiger partial charge in [0.2, 0.25) is 5.91 Å². The summed E-state index contributed by atoms with van der Waals surface area (Å²) in [7, 11) is -1.10. The van der Waals surface area contributed by atoms with E-state index in [4.69, 9.17) is 9.16 Å². The van der Waals surface area contributed by atoms with Crippen molar-refractivity contribution in [3.05, 3.63) is 83.3 Å². The van der Waals surface area contributed by atoms with Crippen LogP contribution in [0.15, 0.2) is 77.9 Å². The SMILES string of the molecule is C=C(C)C[C@]1(N=[N+]=[N-])C[C@H](OC)[C@@H]2[C@H](CC)C[C@@H](CO[Si](c3ccccc3)(c3ccccc3)C(C)(C)C)N2C1=O. The van der Waals surface area contributed by atoms with Gasteiger partial charge in [-0.15, -0.1) is 6.58 Å². The molecule has 2 heterocycles. The average molecular weight is 561 g/mol. The third kappa shape index (κ3) is 5.26. The molecule has 1 amide bonds. The van der Waals surface area contributed by atoms with Crippen molar-refractivity contribution in [2.24, 2.45) is 11.0 Å². The smallest absolute Gasteiger partial charge is 0.261 e. The largest absolute Gasteiger partial charge is 0.405 e. The zero-order valence-corrected chi connectivity index (χ0v) is 25.8. The van der Waals surface area contributed by atoms with Crippen LogP contribution in [0.1, 0.15) is 60.3 Å². The zero-order chi connectivity index (χ0) is 29.1. The van der Waals surface area contributed by atoms with Crippen molar-refractivity contribution in [3.8, 4) is 0 Å². The summed E-state index contributed by atoms with van der Waals surface area (Å²) in [5, 5.41) is 6.38. The molecule has 2 fully saturated rings. The highest BCUT2D eigenvalue weighted by molar-refractivity contribution is 6.99. The number of carbonyl (C=O) groups excluding carboxylic acids is 1. The lowest BCUT2D eigenvalue weighted by Gasteiger charge is -2.49. The summed E-state index contributed by atoms with van der Waals surface area (Å²) in [6.45, 7) is 15.3. The molecule has 4 rings (SSSR count). The summed E-state index contributed by atoms with van der Waals surface area (Å²) in [6, 6.07) is 20.9. The van der Waals surface area contributed by atoms with E-state index in [1.54, 1.807) is 7.11 Å². The van der Waals surface area contributed by atoms with Gasteiger partial charge in [-0.05, 0) is 53.0 Å². The number of methoxy groups -OCH3 is 1. The van der Waals surface area contributed by atoms with Crippen LogP contribution >= 0.6 is 0 Å². The molecule has 2 saturated heterocycles.